The molecule has 3 N–H and O–H groups in total. The van der Waals surface area contributed by atoms with Gasteiger partial charge in [0, 0.05) is 19.2 Å². The molecule has 1 unspecified atom stereocenters. The van der Waals surface area contributed by atoms with Gasteiger partial charge in [-0.05, 0) is 61.9 Å². The van der Waals surface area contributed by atoms with Crippen LogP contribution in [0.15, 0.2) is 53.4 Å². The van der Waals surface area contributed by atoms with Gasteiger partial charge in [-0.1, -0.05) is 58.0 Å². The average Bonchev–Trinajstić information content (AvgIpc) is 3.66. The molecule has 2 amide bonds. The topological polar surface area (TPSA) is 120 Å². The highest BCUT2D eigenvalue weighted by molar-refractivity contribution is 7.82. The fraction of sp³-hybridized carbons (Fsp3) is 0.562. The Morgan fingerprint density at radius 3 is 2.35 bits per heavy atom. The molecule has 2 heterocycles. The molecule has 0 saturated carbocycles. The van der Waals surface area contributed by atoms with Crippen molar-refractivity contribution in [1.82, 2.24) is 19.8 Å². The number of benzene rings is 2. The quantitative estimate of drug-likeness (QED) is 0.282. The highest BCUT2D eigenvalue weighted by Crippen LogP contribution is 2.34. The lowest BCUT2D eigenvalue weighted by Gasteiger charge is -2.32. The summed E-state index contributed by atoms with van der Waals surface area (Å²) in [5.74, 6) is 0.623. The molecule has 0 radical (unpaired) electrons. The minimum atomic E-state index is -1.59. The molecule has 11 heteroatoms. The van der Waals surface area contributed by atoms with Crippen LogP contribution < -0.4 is 20.1 Å². The maximum atomic E-state index is 13.8. The van der Waals surface area contributed by atoms with E-state index < -0.39 is 29.2 Å². The van der Waals surface area contributed by atoms with E-state index in [0.29, 0.717) is 29.4 Å². The number of carbonyl (C=O) groups is 2. The fourth-order valence-corrected chi connectivity index (χ4v) is 6.82. The summed E-state index contributed by atoms with van der Waals surface area (Å²) in [4.78, 5) is 29.1. The summed E-state index contributed by atoms with van der Waals surface area (Å²) in [7, 11) is -1.59. The van der Waals surface area contributed by atoms with Crippen LogP contribution in [0.2, 0.25) is 0 Å². The third-order valence-corrected chi connectivity index (χ3v) is 9.09. The van der Waals surface area contributed by atoms with Gasteiger partial charge in [0.1, 0.15) is 17.0 Å². The minimum Gasteiger partial charge on any atom is -0.454 e. The van der Waals surface area contributed by atoms with Crippen molar-refractivity contribution in [3.8, 4) is 11.5 Å². The van der Waals surface area contributed by atoms with Crippen LogP contribution >= 0.6 is 0 Å². The van der Waals surface area contributed by atoms with Gasteiger partial charge >= 0.3 is 0 Å². The van der Waals surface area contributed by atoms with E-state index in [2.05, 4.69) is 15.5 Å². The molecule has 0 bridgehead atoms. The molecule has 1 saturated heterocycles. The zero-order valence-electron chi connectivity index (χ0n) is 25.7. The lowest BCUT2D eigenvalue weighted by Crippen LogP contribution is -2.57. The molecule has 0 aromatic heterocycles. The number of carbonyl (C=O) groups excluding carboxylic acids is 2. The molecule has 2 aromatic rings. The minimum absolute atomic E-state index is 0.0602. The van der Waals surface area contributed by atoms with Gasteiger partial charge in [-0.25, -0.2) is 8.51 Å². The lowest BCUT2D eigenvalue weighted by atomic mass is 9.98. The van der Waals surface area contributed by atoms with E-state index in [1.807, 2.05) is 58.0 Å². The monoisotopic (exact) mass is 614 g/mol. The van der Waals surface area contributed by atoms with Crippen molar-refractivity contribution in [2.75, 3.05) is 39.5 Å². The molecule has 43 heavy (non-hydrogen) atoms. The molecule has 1 fully saturated rings. The van der Waals surface area contributed by atoms with E-state index in [9.17, 15) is 18.9 Å². The van der Waals surface area contributed by atoms with Crippen molar-refractivity contribution in [1.29, 1.82) is 0 Å². The predicted octanol–water partition coefficient (Wildman–Crippen LogP) is 2.72. The predicted molar refractivity (Wildman–Crippen MR) is 166 cm³/mol. The van der Waals surface area contributed by atoms with Crippen molar-refractivity contribution >= 4 is 22.8 Å². The van der Waals surface area contributed by atoms with Crippen molar-refractivity contribution < 1.29 is 28.4 Å². The number of hydrogen-bond acceptors (Lipinski definition) is 7. The number of nitrogens with zero attached hydrogens (tertiary/aromatic N) is 2. The standard InChI is InChI=1S/C32H46N4O6S/c1-22(2)18-36(43(40)25-12-13-28-29(17-25)42-21-41-28)19-27(37)26(16-24-10-6-5-7-11-24)33-32(39)31(23(3)4)34-30(38)20-35-14-8-9-15-35/h5-7,10-13,17,22-23,26-27,31,37H,8-9,14-16,18-21H2,1-4H3,(H,33,39)(H,34,38)/t26-,27+,31-,43?/m0/s1. The van der Waals surface area contributed by atoms with Gasteiger partial charge in [0.05, 0.1) is 23.6 Å². The summed E-state index contributed by atoms with van der Waals surface area (Å²) in [5.41, 5.74) is 0.943. The molecule has 2 aliphatic rings. The normalized spacial score (nSPS) is 17.7. The molecule has 2 aliphatic heterocycles. The van der Waals surface area contributed by atoms with Crippen LogP contribution in [0.3, 0.4) is 0 Å². The van der Waals surface area contributed by atoms with E-state index in [1.54, 1.807) is 22.5 Å². The van der Waals surface area contributed by atoms with Gasteiger partial charge in [-0.2, -0.15) is 0 Å². The van der Waals surface area contributed by atoms with Crippen molar-refractivity contribution in [3.05, 3.63) is 54.1 Å². The van der Waals surface area contributed by atoms with Crippen molar-refractivity contribution in [2.24, 2.45) is 11.8 Å². The van der Waals surface area contributed by atoms with Crippen LogP contribution in [-0.4, -0.2) is 88.0 Å². The molecule has 236 valence electrons. The van der Waals surface area contributed by atoms with E-state index in [0.717, 1.165) is 31.5 Å². The van der Waals surface area contributed by atoms with Gasteiger partial charge in [-0.3, -0.25) is 14.5 Å². The molecule has 4 rings (SSSR count). The van der Waals surface area contributed by atoms with Crippen molar-refractivity contribution in [2.45, 2.75) is 70.0 Å². The Hall–Kier alpha value is -2.99. The SMILES string of the molecule is CC(C)CN(C[C@@H](O)[C@H](Cc1ccccc1)NC(=O)[C@@H](NC(=O)CN1CCCC1)C(C)C)S(=O)c1ccc2c(c1)OCO2. The molecule has 0 aliphatic carbocycles. The van der Waals surface area contributed by atoms with Gasteiger partial charge in [0.25, 0.3) is 0 Å². The smallest absolute Gasteiger partial charge is 0.243 e. The first-order valence-corrected chi connectivity index (χ1v) is 16.3. The molecular weight excluding hydrogens is 568 g/mol. The summed E-state index contributed by atoms with van der Waals surface area (Å²) >= 11 is 0. The summed E-state index contributed by atoms with van der Waals surface area (Å²) in [5, 5.41) is 17.6. The van der Waals surface area contributed by atoms with Crippen LogP contribution in [0, 0.1) is 11.8 Å². The van der Waals surface area contributed by atoms with Gasteiger partial charge in [-0.15, -0.1) is 0 Å². The number of amides is 2. The Morgan fingerprint density at radius 1 is 0.977 bits per heavy atom. The number of fused-ring (bicyclic) bond motifs is 1. The van der Waals surface area contributed by atoms with Crippen molar-refractivity contribution in [3.63, 3.8) is 0 Å². The van der Waals surface area contributed by atoms with Gasteiger partial charge in [0.15, 0.2) is 11.5 Å². The summed E-state index contributed by atoms with van der Waals surface area (Å²) < 4.78 is 26.4. The van der Waals surface area contributed by atoms with Crippen LogP contribution in [-0.2, 0) is 27.0 Å². The third kappa shape index (κ3) is 9.50. The first kappa shape index (κ1) is 32.9. The zero-order chi connectivity index (χ0) is 30.9. The third-order valence-electron chi connectivity index (χ3n) is 7.66. The first-order chi connectivity index (χ1) is 20.6. The zero-order valence-corrected chi connectivity index (χ0v) is 26.5. The van der Waals surface area contributed by atoms with E-state index in [4.69, 9.17) is 9.47 Å². The number of hydrogen-bond donors (Lipinski definition) is 3. The van der Waals surface area contributed by atoms with E-state index in [1.165, 1.54) is 0 Å². The van der Waals surface area contributed by atoms with E-state index >= 15 is 0 Å². The Labute approximate surface area is 257 Å². The van der Waals surface area contributed by atoms with Crippen LogP contribution in [0.4, 0.5) is 0 Å². The molecule has 10 nitrogen and oxygen atoms in total. The average molecular weight is 615 g/mol. The molecular formula is C32H46N4O6S. The fourth-order valence-electron chi connectivity index (χ4n) is 5.41. The van der Waals surface area contributed by atoms with Crippen LogP contribution in [0.1, 0.15) is 46.1 Å². The second kappa shape index (κ2) is 15.7. The maximum Gasteiger partial charge on any atom is 0.243 e. The van der Waals surface area contributed by atoms with E-state index in [-0.39, 0.29) is 43.5 Å². The number of aliphatic hydroxyl groups excluding tert-OH is 1. The Kier molecular flexibility index (Phi) is 12.0. The number of rotatable bonds is 15. The Bertz CT molecular complexity index is 1240. The van der Waals surface area contributed by atoms with Gasteiger partial charge < -0.3 is 25.2 Å². The number of aliphatic hydroxyl groups is 1. The Balaban J connectivity index is 1.50. The number of ether oxygens (including phenoxy) is 2. The second-order valence-corrected chi connectivity index (χ2v) is 13.6. The molecule has 0 spiro atoms. The lowest BCUT2D eigenvalue weighted by molar-refractivity contribution is -0.131. The number of nitrogens with one attached hydrogen (secondary N) is 2. The second-order valence-electron chi connectivity index (χ2n) is 12.1. The first-order valence-electron chi connectivity index (χ1n) is 15.2. The number of likely N-dealkylation sites (tertiary alicyclic amines) is 1. The molecule has 2 aromatic carbocycles. The van der Waals surface area contributed by atoms with Crippen LogP contribution in [0.25, 0.3) is 0 Å². The molecule has 4 atom stereocenters. The van der Waals surface area contributed by atoms with Gasteiger partial charge in [0.2, 0.25) is 18.6 Å². The summed E-state index contributed by atoms with van der Waals surface area (Å²) in [6.45, 7) is 10.5. The highest BCUT2D eigenvalue weighted by atomic mass is 32.2. The Morgan fingerprint density at radius 2 is 1.67 bits per heavy atom. The summed E-state index contributed by atoms with van der Waals surface area (Å²) in [6.07, 6.45) is 1.47. The largest absolute Gasteiger partial charge is 0.454 e. The highest BCUT2D eigenvalue weighted by Gasteiger charge is 2.32. The summed E-state index contributed by atoms with van der Waals surface area (Å²) in [6, 6.07) is 13.4. The maximum absolute atomic E-state index is 13.8. The van der Waals surface area contributed by atoms with Crippen LogP contribution in [0.5, 0.6) is 11.5 Å².